The average Bonchev–Trinajstić information content (AvgIpc) is 2.76. The Labute approximate surface area is 202 Å². The number of alkyl carbamates (subject to hydrolysis) is 1. The summed E-state index contributed by atoms with van der Waals surface area (Å²) in [5.41, 5.74) is -0.0230. The Hall–Kier alpha value is -2.99. The molecule has 0 aromatic heterocycles. The lowest BCUT2D eigenvalue weighted by Gasteiger charge is -2.46. The van der Waals surface area contributed by atoms with Gasteiger partial charge < -0.3 is 29.9 Å². The van der Waals surface area contributed by atoms with Crippen molar-refractivity contribution in [3.63, 3.8) is 0 Å². The molecule has 3 atom stereocenters. The number of hydrogen-bond donors (Lipinski definition) is 2. The van der Waals surface area contributed by atoms with Gasteiger partial charge in [-0.15, -0.1) is 0 Å². The Morgan fingerprint density at radius 1 is 1.15 bits per heavy atom. The first-order valence-corrected chi connectivity index (χ1v) is 12.0. The quantitative estimate of drug-likeness (QED) is 0.633. The van der Waals surface area contributed by atoms with Crippen LogP contribution in [0.5, 0.6) is 5.75 Å². The van der Waals surface area contributed by atoms with Gasteiger partial charge in [0.15, 0.2) is 0 Å². The highest BCUT2D eigenvalue weighted by Crippen LogP contribution is 2.28. The number of rotatable bonds is 7. The number of carbonyl (C=O) groups is 2. The van der Waals surface area contributed by atoms with Crippen molar-refractivity contribution in [1.29, 1.82) is 5.26 Å². The predicted molar refractivity (Wildman–Crippen MR) is 128 cm³/mol. The smallest absolute Gasteiger partial charge is 0.408 e. The van der Waals surface area contributed by atoms with E-state index < -0.39 is 11.7 Å². The molecule has 9 nitrogen and oxygen atoms in total. The third kappa shape index (κ3) is 7.80. The fraction of sp³-hybridized carbons (Fsp3) is 0.640. The van der Waals surface area contributed by atoms with E-state index in [9.17, 15) is 9.59 Å². The number of nitriles is 1. The second kappa shape index (κ2) is 11.4. The first kappa shape index (κ1) is 25.6. The Bertz CT molecular complexity index is 863. The molecule has 0 spiro atoms. The summed E-state index contributed by atoms with van der Waals surface area (Å²) >= 11 is 0. The van der Waals surface area contributed by atoms with E-state index >= 15 is 0 Å². The van der Waals surface area contributed by atoms with Gasteiger partial charge in [0.2, 0.25) is 0 Å². The topological polar surface area (TPSA) is 107 Å². The molecule has 2 bridgehead atoms. The molecule has 2 saturated heterocycles. The van der Waals surface area contributed by atoms with Gasteiger partial charge in [-0.3, -0.25) is 0 Å². The lowest BCUT2D eigenvalue weighted by molar-refractivity contribution is 0.0306. The molecule has 2 heterocycles. The minimum absolute atomic E-state index is 0.0194. The molecule has 9 heteroatoms. The molecular formula is C25H37N5O4. The van der Waals surface area contributed by atoms with Gasteiger partial charge in [-0.1, -0.05) is 0 Å². The van der Waals surface area contributed by atoms with Crippen LogP contribution in [0, 0.1) is 23.2 Å². The van der Waals surface area contributed by atoms with Gasteiger partial charge in [0.1, 0.15) is 18.0 Å². The standard InChI is InChI=1S/C25H37N5O4/c1-5-27-23(31)30-14-19-10-20(15-30)13-29(12-19)16-21(28-24(32)34-25(2,3)4)17-33-22-8-6-18(11-26)7-9-22/h6-9,19-21H,5,10,12-17H2,1-4H3,(H,27,31)(H,28,32)/t19?,20?,21-/m0/s1. The number of piperidine rings is 2. The van der Waals surface area contributed by atoms with Gasteiger partial charge in [0.25, 0.3) is 0 Å². The van der Waals surface area contributed by atoms with Crippen molar-refractivity contribution in [2.24, 2.45) is 11.8 Å². The zero-order valence-electron chi connectivity index (χ0n) is 20.7. The van der Waals surface area contributed by atoms with Gasteiger partial charge in [-0.2, -0.15) is 5.26 Å². The number of nitrogens with zero attached hydrogens (tertiary/aromatic N) is 3. The number of likely N-dealkylation sites (tertiary alicyclic amines) is 2. The highest BCUT2D eigenvalue weighted by atomic mass is 16.6. The van der Waals surface area contributed by atoms with E-state index in [4.69, 9.17) is 14.7 Å². The van der Waals surface area contributed by atoms with E-state index in [-0.39, 0.29) is 18.7 Å². The lowest BCUT2D eigenvalue weighted by Crippen LogP contribution is -2.58. The summed E-state index contributed by atoms with van der Waals surface area (Å²) in [4.78, 5) is 29.1. The third-order valence-electron chi connectivity index (χ3n) is 5.91. The van der Waals surface area contributed by atoms with Gasteiger partial charge in [-0.25, -0.2) is 9.59 Å². The number of urea groups is 1. The summed E-state index contributed by atoms with van der Waals surface area (Å²) in [6.07, 6.45) is 0.652. The number of amides is 3. The number of hydrogen-bond acceptors (Lipinski definition) is 6. The van der Waals surface area contributed by atoms with Crippen LogP contribution >= 0.6 is 0 Å². The average molecular weight is 472 g/mol. The molecule has 0 aliphatic carbocycles. The van der Waals surface area contributed by atoms with Gasteiger partial charge >= 0.3 is 12.1 Å². The van der Waals surface area contributed by atoms with Crippen molar-refractivity contribution in [2.45, 2.75) is 45.8 Å². The fourth-order valence-electron chi connectivity index (χ4n) is 4.71. The number of ether oxygens (including phenoxy) is 2. The highest BCUT2D eigenvalue weighted by molar-refractivity contribution is 5.74. The Balaban J connectivity index is 1.60. The van der Waals surface area contributed by atoms with Crippen LogP contribution in [-0.2, 0) is 4.74 Å². The van der Waals surface area contributed by atoms with Crippen molar-refractivity contribution in [3.05, 3.63) is 29.8 Å². The van der Waals surface area contributed by atoms with Gasteiger partial charge in [0, 0.05) is 39.3 Å². The van der Waals surface area contributed by atoms with E-state index in [1.54, 1.807) is 24.3 Å². The van der Waals surface area contributed by atoms with Crippen LogP contribution in [0.25, 0.3) is 0 Å². The van der Waals surface area contributed by atoms with Crippen LogP contribution < -0.4 is 15.4 Å². The molecule has 186 valence electrons. The van der Waals surface area contributed by atoms with Crippen LogP contribution in [0.15, 0.2) is 24.3 Å². The van der Waals surface area contributed by atoms with Crippen molar-refractivity contribution in [2.75, 3.05) is 45.9 Å². The van der Waals surface area contributed by atoms with Gasteiger partial charge in [-0.05, 0) is 70.2 Å². The first-order valence-electron chi connectivity index (χ1n) is 12.0. The largest absolute Gasteiger partial charge is 0.491 e. The number of benzene rings is 1. The maximum absolute atomic E-state index is 12.5. The minimum atomic E-state index is -0.590. The van der Waals surface area contributed by atoms with Crippen LogP contribution in [0.1, 0.15) is 39.7 Å². The lowest BCUT2D eigenvalue weighted by atomic mass is 9.84. The SMILES string of the molecule is CCNC(=O)N1CC2CC(CN(C[C@@H](COc3ccc(C#N)cc3)NC(=O)OC(C)(C)C)C2)C1. The summed E-state index contributed by atoms with van der Waals surface area (Å²) in [5, 5.41) is 14.9. The monoisotopic (exact) mass is 471 g/mol. The molecule has 2 aliphatic heterocycles. The van der Waals surface area contributed by atoms with Crippen molar-refractivity contribution < 1.29 is 19.1 Å². The number of carbonyl (C=O) groups excluding carboxylic acids is 2. The molecule has 0 radical (unpaired) electrons. The fourth-order valence-corrected chi connectivity index (χ4v) is 4.71. The normalized spacial score (nSPS) is 21.2. The summed E-state index contributed by atoms with van der Waals surface area (Å²) in [6.45, 7) is 12.2. The van der Waals surface area contributed by atoms with E-state index in [1.807, 2.05) is 32.6 Å². The number of nitrogens with one attached hydrogen (secondary N) is 2. The zero-order chi connectivity index (χ0) is 24.7. The second-order valence-corrected chi connectivity index (χ2v) is 10.2. The Morgan fingerprint density at radius 3 is 2.35 bits per heavy atom. The van der Waals surface area contributed by atoms with Crippen LogP contribution in [-0.4, -0.2) is 79.4 Å². The van der Waals surface area contributed by atoms with E-state index in [0.717, 1.165) is 32.6 Å². The van der Waals surface area contributed by atoms with Crippen LogP contribution in [0.4, 0.5) is 9.59 Å². The maximum atomic E-state index is 12.5. The summed E-state index contributed by atoms with van der Waals surface area (Å²) in [5.74, 6) is 1.47. The molecule has 3 amide bonds. The van der Waals surface area contributed by atoms with E-state index in [2.05, 4.69) is 21.6 Å². The molecule has 1 aromatic rings. The molecular weight excluding hydrogens is 434 g/mol. The predicted octanol–water partition coefficient (Wildman–Crippen LogP) is 2.81. The molecule has 34 heavy (non-hydrogen) atoms. The third-order valence-corrected chi connectivity index (χ3v) is 5.91. The second-order valence-electron chi connectivity index (χ2n) is 10.2. The highest BCUT2D eigenvalue weighted by Gasteiger charge is 2.36. The van der Waals surface area contributed by atoms with Crippen molar-refractivity contribution in [3.8, 4) is 11.8 Å². The minimum Gasteiger partial charge on any atom is -0.491 e. The molecule has 1 aromatic carbocycles. The van der Waals surface area contributed by atoms with Gasteiger partial charge in [0.05, 0.1) is 17.7 Å². The molecule has 2 unspecified atom stereocenters. The Kier molecular flexibility index (Phi) is 8.61. The summed E-state index contributed by atoms with van der Waals surface area (Å²) in [7, 11) is 0. The first-order chi connectivity index (χ1) is 16.1. The van der Waals surface area contributed by atoms with Crippen LogP contribution in [0.2, 0.25) is 0 Å². The molecule has 3 rings (SSSR count). The summed E-state index contributed by atoms with van der Waals surface area (Å²) in [6, 6.07) is 8.76. The Morgan fingerprint density at radius 2 is 1.79 bits per heavy atom. The molecule has 2 fully saturated rings. The molecule has 0 saturated carbocycles. The van der Waals surface area contributed by atoms with E-state index in [0.29, 0.717) is 36.2 Å². The molecule has 2 aliphatic rings. The van der Waals surface area contributed by atoms with Crippen LogP contribution in [0.3, 0.4) is 0 Å². The maximum Gasteiger partial charge on any atom is 0.408 e. The molecule has 2 N–H and O–H groups in total. The zero-order valence-corrected chi connectivity index (χ0v) is 20.7. The van der Waals surface area contributed by atoms with Crippen molar-refractivity contribution in [1.82, 2.24) is 20.4 Å². The summed E-state index contributed by atoms with van der Waals surface area (Å²) < 4.78 is 11.4. The van der Waals surface area contributed by atoms with Crippen molar-refractivity contribution >= 4 is 12.1 Å². The number of fused-ring (bicyclic) bond motifs is 2. The van der Waals surface area contributed by atoms with E-state index in [1.165, 1.54) is 0 Å².